The Bertz CT molecular complexity index is 497. The van der Waals surface area contributed by atoms with Crippen LogP contribution in [-0.2, 0) is 14.8 Å². The molecule has 5 nitrogen and oxygen atoms in total. The largest absolute Gasteiger partial charge is 0.508 e. The highest BCUT2D eigenvalue weighted by Gasteiger charge is 2.27. The van der Waals surface area contributed by atoms with E-state index in [0.29, 0.717) is 26.1 Å². The van der Waals surface area contributed by atoms with Crippen LogP contribution >= 0.6 is 0 Å². The van der Waals surface area contributed by atoms with Crippen molar-refractivity contribution in [3.05, 3.63) is 24.3 Å². The molecule has 0 spiro atoms. The van der Waals surface area contributed by atoms with E-state index in [4.69, 9.17) is 4.74 Å². The van der Waals surface area contributed by atoms with Gasteiger partial charge in [0.15, 0.2) is 0 Å². The number of aromatic hydroxyl groups is 1. The standard InChI is InChI=1S/C12H17NO4S/c1-10-9-13(7-2-8-17-10)18(15,16)12-5-3-11(14)4-6-12/h3-6,10,14H,2,7-9H2,1H3. The van der Waals surface area contributed by atoms with E-state index in [2.05, 4.69) is 0 Å². The molecular weight excluding hydrogens is 254 g/mol. The fourth-order valence-corrected chi connectivity index (χ4v) is 3.50. The normalized spacial score (nSPS) is 22.6. The van der Waals surface area contributed by atoms with E-state index < -0.39 is 10.0 Å². The first-order valence-corrected chi connectivity index (χ1v) is 7.35. The summed E-state index contributed by atoms with van der Waals surface area (Å²) in [6, 6.07) is 5.59. The van der Waals surface area contributed by atoms with Crippen molar-refractivity contribution in [2.45, 2.75) is 24.3 Å². The van der Waals surface area contributed by atoms with Gasteiger partial charge in [-0.25, -0.2) is 8.42 Å². The van der Waals surface area contributed by atoms with Crippen LogP contribution in [0.25, 0.3) is 0 Å². The van der Waals surface area contributed by atoms with Gasteiger partial charge in [-0.1, -0.05) is 0 Å². The third-order valence-corrected chi connectivity index (χ3v) is 4.77. The van der Waals surface area contributed by atoms with Gasteiger partial charge in [0.05, 0.1) is 11.0 Å². The second-order valence-electron chi connectivity index (χ2n) is 4.39. The number of rotatable bonds is 2. The zero-order valence-corrected chi connectivity index (χ0v) is 11.1. The fourth-order valence-electron chi connectivity index (χ4n) is 1.94. The number of nitrogens with zero attached hydrogens (tertiary/aromatic N) is 1. The Balaban J connectivity index is 2.26. The summed E-state index contributed by atoms with van der Waals surface area (Å²) in [5.74, 6) is 0.0570. The van der Waals surface area contributed by atoms with Crippen molar-refractivity contribution in [3.8, 4) is 5.75 Å². The van der Waals surface area contributed by atoms with Gasteiger partial charge in [-0.3, -0.25) is 0 Å². The van der Waals surface area contributed by atoms with E-state index in [0.717, 1.165) is 0 Å². The quantitative estimate of drug-likeness (QED) is 0.877. The monoisotopic (exact) mass is 271 g/mol. The summed E-state index contributed by atoms with van der Waals surface area (Å²) in [4.78, 5) is 0.203. The maximum Gasteiger partial charge on any atom is 0.243 e. The van der Waals surface area contributed by atoms with Crippen LogP contribution in [0, 0.1) is 0 Å². The predicted octanol–water partition coefficient (Wildman–Crippen LogP) is 1.19. The lowest BCUT2D eigenvalue weighted by molar-refractivity contribution is 0.0752. The number of ether oxygens (including phenoxy) is 1. The lowest BCUT2D eigenvalue weighted by Gasteiger charge is -2.21. The SMILES string of the molecule is CC1CN(S(=O)(=O)c2ccc(O)cc2)CCCO1. The number of phenolic OH excluding ortho intramolecular Hbond substituents is 1. The number of benzene rings is 1. The molecule has 1 atom stereocenters. The van der Waals surface area contributed by atoms with Crippen LogP contribution in [0.2, 0.25) is 0 Å². The molecular formula is C12H17NO4S. The van der Waals surface area contributed by atoms with Crippen LogP contribution in [0.15, 0.2) is 29.2 Å². The molecule has 1 N–H and O–H groups in total. The van der Waals surface area contributed by atoms with Gasteiger partial charge in [0.1, 0.15) is 5.75 Å². The van der Waals surface area contributed by atoms with Crippen molar-refractivity contribution in [1.82, 2.24) is 4.31 Å². The molecule has 1 aliphatic heterocycles. The first-order chi connectivity index (χ1) is 8.50. The summed E-state index contributed by atoms with van der Waals surface area (Å²) in [5.41, 5.74) is 0. The van der Waals surface area contributed by atoms with E-state index in [-0.39, 0.29) is 16.7 Å². The summed E-state index contributed by atoms with van der Waals surface area (Å²) < 4.78 is 31.6. The smallest absolute Gasteiger partial charge is 0.243 e. The molecule has 0 aromatic heterocycles. The average molecular weight is 271 g/mol. The molecule has 1 unspecified atom stereocenters. The third-order valence-electron chi connectivity index (χ3n) is 2.89. The van der Waals surface area contributed by atoms with Crippen molar-refractivity contribution in [3.63, 3.8) is 0 Å². The molecule has 1 aromatic carbocycles. The molecule has 0 radical (unpaired) electrons. The highest BCUT2D eigenvalue weighted by atomic mass is 32.2. The lowest BCUT2D eigenvalue weighted by Crippen LogP contribution is -2.35. The Hall–Kier alpha value is -1.11. The van der Waals surface area contributed by atoms with Gasteiger partial charge in [-0.05, 0) is 37.6 Å². The van der Waals surface area contributed by atoms with Crippen LogP contribution in [0.1, 0.15) is 13.3 Å². The second kappa shape index (κ2) is 5.26. The maximum absolute atomic E-state index is 12.4. The first-order valence-electron chi connectivity index (χ1n) is 5.91. The number of hydrogen-bond acceptors (Lipinski definition) is 4. The Morgan fingerprint density at radius 2 is 2.00 bits per heavy atom. The third kappa shape index (κ3) is 2.82. The summed E-state index contributed by atoms with van der Waals surface area (Å²) in [5, 5.41) is 9.19. The van der Waals surface area contributed by atoms with E-state index in [1.165, 1.54) is 28.6 Å². The number of sulfonamides is 1. The molecule has 1 aliphatic rings. The Morgan fingerprint density at radius 1 is 1.33 bits per heavy atom. The van der Waals surface area contributed by atoms with E-state index in [1.807, 2.05) is 6.92 Å². The van der Waals surface area contributed by atoms with Crippen LogP contribution < -0.4 is 0 Å². The topological polar surface area (TPSA) is 66.8 Å². The summed E-state index contributed by atoms with van der Waals surface area (Å²) in [7, 11) is -3.49. The highest BCUT2D eigenvalue weighted by Crippen LogP contribution is 2.20. The van der Waals surface area contributed by atoms with Crippen LogP contribution in [0.3, 0.4) is 0 Å². The minimum absolute atomic E-state index is 0.0570. The van der Waals surface area contributed by atoms with Crippen molar-refractivity contribution < 1.29 is 18.3 Å². The van der Waals surface area contributed by atoms with E-state index in [1.54, 1.807) is 0 Å². The maximum atomic E-state index is 12.4. The van der Waals surface area contributed by atoms with Gasteiger partial charge in [0, 0.05) is 19.7 Å². The molecule has 6 heteroatoms. The molecule has 0 saturated carbocycles. The lowest BCUT2D eigenvalue weighted by atomic mass is 10.3. The van der Waals surface area contributed by atoms with Gasteiger partial charge < -0.3 is 9.84 Å². The fraction of sp³-hybridized carbons (Fsp3) is 0.500. The zero-order valence-electron chi connectivity index (χ0n) is 10.2. The zero-order chi connectivity index (χ0) is 13.2. The summed E-state index contributed by atoms with van der Waals surface area (Å²) in [6.07, 6.45) is 0.598. The highest BCUT2D eigenvalue weighted by molar-refractivity contribution is 7.89. The number of hydrogen-bond donors (Lipinski definition) is 1. The minimum atomic E-state index is -3.49. The molecule has 0 bridgehead atoms. The van der Waals surface area contributed by atoms with Crippen molar-refractivity contribution >= 4 is 10.0 Å². The number of phenols is 1. The van der Waals surface area contributed by atoms with Gasteiger partial charge in [-0.2, -0.15) is 4.31 Å². The Morgan fingerprint density at radius 3 is 2.67 bits per heavy atom. The molecule has 0 amide bonds. The molecule has 0 aliphatic carbocycles. The molecule has 1 aromatic rings. The molecule has 1 heterocycles. The summed E-state index contributed by atoms with van der Waals surface area (Å²) in [6.45, 7) is 3.28. The van der Waals surface area contributed by atoms with Gasteiger partial charge in [0.2, 0.25) is 10.0 Å². The Labute approximate surface area is 107 Å². The van der Waals surface area contributed by atoms with Gasteiger partial charge >= 0.3 is 0 Å². The first kappa shape index (κ1) is 13.3. The molecule has 100 valence electrons. The van der Waals surface area contributed by atoms with E-state index >= 15 is 0 Å². The average Bonchev–Trinajstić information content (AvgIpc) is 2.55. The molecule has 1 fully saturated rings. The van der Waals surface area contributed by atoms with Crippen molar-refractivity contribution in [2.24, 2.45) is 0 Å². The summed E-state index contributed by atoms with van der Waals surface area (Å²) >= 11 is 0. The van der Waals surface area contributed by atoms with Crippen LogP contribution in [-0.4, -0.2) is 43.6 Å². The molecule has 18 heavy (non-hydrogen) atoms. The molecule has 2 rings (SSSR count). The van der Waals surface area contributed by atoms with Crippen molar-refractivity contribution in [1.29, 1.82) is 0 Å². The van der Waals surface area contributed by atoms with E-state index in [9.17, 15) is 13.5 Å². The van der Waals surface area contributed by atoms with Gasteiger partial charge in [0.25, 0.3) is 0 Å². The Kier molecular flexibility index (Phi) is 3.89. The van der Waals surface area contributed by atoms with Crippen LogP contribution in [0.5, 0.6) is 5.75 Å². The van der Waals surface area contributed by atoms with Gasteiger partial charge in [-0.15, -0.1) is 0 Å². The second-order valence-corrected chi connectivity index (χ2v) is 6.33. The minimum Gasteiger partial charge on any atom is -0.508 e. The van der Waals surface area contributed by atoms with Crippen LogP contribution in [0.4, 0.5) is 0 Å². The predicted molar refractivity (Wildman–Crippen MR) is 66.9 cm³/mol. The molecule has 1 saturated heterocycles. The van der Waals surface area contributed by atoms with Crippen molar-refractivity contribution in [2.75, 3.05) is 19.7 Å².